The maximum absolute atomic E-state index is 12.3. The van der Waals surface area contributed by atoms with Crippen LogP contribution in [0.3, 0.4) is 0 Å². The van der Waals surface area contributed by atoms with Crippen LogP contribution in [0.25, 0.3) is 0 Å². The SMILES string of the molecule is CC1(C)C(=O)CC[C@@]2(C)C3=CCCC[C@@]3(C)CCC12. The topological polar surface area (TPSA) is 17.1 Å². The highest BCUT2D eigenvalue weighted by Crippen LogP contribution is 2.65. The summed E-state index contributed by atoms with van der Waals surface area (Å²) in [5.74, 6) is 1.05. The van der Waals surface area contributed by atoms with Crippen molar-refractivity contribution in [3.05, 3.63) is 11.6 Å². The molecule has 2 fully saturated rings. The molecule has 3 rings (SSSR count). The minimum Gasteiger partial charge on any atom is -0.299 e. The zero-order chi connectivity index (χ0) is 13.9. The Morgan fingerprint density at radius 2 is 1.84 bits per heavy atom. The minimum atomic E-state index is -0.118. The van der Waals surface area contributed by atoms with Crippen molar-refractivity contribution in [2.75, 3.05) is 0 Å². The van der Waals surface area contributed by atoms with Gasteiger partial charge in [0, 0.05) is 11.8 Å². The lowest BCUT2D eigenvalue weighted by atomic mass is 9.44. The quantitative estimate of drug-likeness (QED) is 0.566. The fraction of sp³-hybridized carbons (Fsp3) is 0.833. The predicted octanol–water partition coefficient (Wildman–Crippen LogP) is 4.91. The number of hydrogen-bond acceptors (Lipinski definition) is 1. The van der Waals surface area contributed by atoms with Crippen LogP contribution in [0, 0.1) is 22.2 Å². The average molecular weight is 260 g/mol. The first-order chi connectivity index (χ1) is 8.81. The maximum atomic E-state index is 12.3. The number of hydrogen-bond donors (Lipinski definition) is 0. The zero-order valence-electron chi connectivity index (χ0n) is 13.0. The lowest BCUT2D eigenvalue weighted by Crippen LogP contribution is -2.54. The van der Waals surface area contributed by atoms with Crippen LogP contribution in [0.5, 0.6) is 0 Å². The second kappa shape index (κ2) is 3.96. The standard InChI is InChI=1S/C18H28O/c1-16(2)13-8-11-17(3)10-6-5-7-14(17)18(13,4)12-9-15(16)19/h7,13H,5-6,8-12H2,1-4H3/t13?,17-,18+/m0/s1. The van der Waals surface area contributed by atoms with Gasteiger partial charge in [-0.15, -0.1) is 0 Å². The number of allylic oxidation sites excluding steroid dienone is 2. The van der Waals surface area contributed by atoms with Crippen LogP contribution in [0.4, 0.5) is 0 Å². The normalized spacial score (nSPS) is 45.2. The highest BCUT2D eigenvalue weighted by Gasteiger charge is 2.57. The largest absolute Gasteiger partial charge is 0.299 e. The van der Waals surface area contributed by atoms with Crippen LogP contribution in [-0.2, 0) is 4.79 Å². The summed E-state index contributed by atoms with van der Waals surface area (Å²) in [6.07, 6.45) is 10.9. The van der Waals surface area contributed by atoms with Crippen molar-refractivity contribution in [3.63, 3.8) is 0 Å². The molecule has 2 saturated carbocycles. The van der Waals surface area contributed by atoms with Gasteiger partial charge in [-0.3, -0.25) is 4.79 Å². The van der Waals surface area contributed by atoms with Crippen LogP contribution in [0.1, 0.15) is 72.6 Å². The van der Waals surface area contributed by atoms with Gasteiger partial charge in [0.2, 0.25) is 0 Å². The molecule has 19 heavy (non-hydrogen) atoms. The van der Waals surface area contributed by atoms with E-state index < -0.39 is 0 Å². The molecule has 1 heteroatoms. The van der Waals surface area contributed by atoms with Gasteiger partial charge in [-0.25, -0.2) is 0 Å². The third kappa shape index (κ3) is 1.69. The first kappa shape index (κ1) is 13.4. The van der Waals surface area contributed by atoms with Crippen molar-refractivity contribution >= 4 is 5.78 Å². The van der Waals surface area contributed by atoms with E-state index in [0.717, 1.165) is 12.8 Å². The van der Waals surface area contributed by atoms with E-state index in [2.05, 4.69) is 33.8 Å². The average Bonchev–Trinajstić information content (AvgIpc) is 2.34. The third-order valence-corrected chi connectivity index (χ3v) is 6.76. The van der Waals surface area contributed by atoms with Crippen molar-refractivity contribution in [2.45, 2.75) is 72.6 Å². The lowest BCUT2D eigenvalue weighted by molar-refractivity contribution is -0.141. The summed E-state index contributed by atoms with van der Waals surface area (Å²) < 4.78 is 0. The first-order valence-corrected chi connectivity index (χ1v) is 8.05. The number of ketones is 1. The van der Waals surface area contributed by atoms with E-state index in [-0.39, 0.29) is 10.8 Å². The second-order valence-corrected chi connectivity index (χ2v) is 8.22. The highest BCUT2D eigenvalue weighted by atomic mass is 16.1. The smallest absolute Gasteiger partial charge is 0.138 e. The van der Waals surface area contributed by atoms with Gasteiger partial charge in [-0.05, 0) is 55.3 Å². The Kier molecular flexibility index (Phi) is 2.79. The van der Waals surface area contributed by atoms with E-state index >= 15 is 0 Å². The van der Waals surface area contributed by atoms with Gasteiger partial charge in [0.05, 0.1) is 0 Å². The Morgan fingerprint density at radius 1 is 1.11 bits per heavy atom. The minimum absolute atomic E-state index is 0.118. The van der Waals surface area contributed by atoms with Crippen LogP contribution < -0.4 is 0 Å². The molecule has 3 aliphatic carbocycles. The van der Waals surface area contributed by atoms with Gasteiger partial charge in [-0.1, -0.05) is 39.3 Å². The summed E-state index contributed by atoms with van der Waals surface area (Å²) in [7, 11) is 0. The summed E-state index contributed by atoms with van der Waals surface area (Å²) >= 11 is 0. The number of carbonyl (C=O) groups excluding carboxylic acids is 1. The molecule has 0 amide bonds. The van der Waals surface area contributed by atoms with Crippen molar-refractivity contribution in [1.29, 1.82) is 0 Å². The molecule has 0 aliphatic heterocycles. The second-order valence-electron chi connectivity index (χ2n) is 8.22. The maximum Gasteiger partial charge on any atom is 0.138 e. The van der Waals surface area contributed by atoms with E-state index in [9.17, 15) is 4.79 Å². The van der Waals surface area contributed by atoms with Gasteiger partial charge in [0.25, 0.3) is 0 Å². The van der Waals surface area contributed by atoms with Crippen LogP contribution in [-0.4, -0.2) is 5.78 Å². The molecule has 0 saturated heterocycles. The Hall–Kier alpha value is -0.590. The third-order valence-electron chi connectivity index (χ3n) is 6.76. The van der Waals surface area contributed by atoms with E-state index in [1.807, 2.05) is 0 Å². The van der Waals surface area contributed by atoms with Gasteiger partial charge in [-0.2, -0.15) is 0 Å². The number of Topliss-reactive ketones (excluding diaryl/α,β-unsaturated/α-hetero) is 1. The molecular weight excluding hydrogens is 232 g/mol. The van der Waals surface area contributed by atoms with Crippen LogP contribution in [0.2, 0.25) is 0 Å². The molecule has 0 aromatic rings. The molecule has 3 aliphatic rings. The molecule has 0 N–H and O–H groups in total. The van der Waals surface area contributed by atoms with Crippen molar-refractivity contribution < 1.29 is 4.79 Å². The van der Waals surface area contributed by atoms with Crippen molar-refractivity contribution in [2.24, 2.45) is 22.2 Å². The van der Waals surface area contributed by atoms with Gasteiger partial charge in [0.1, 0.15) is 5.78 Å². The molecule has 1 unspecified atom stereocenters. The summed E-state index contributed by atoms with van der Waals surface area (Å²) in [4.78, 5) is 12.3. The molecule has 1 nitrogen and oxygen atoms in total. The fourth-order valence-corrected chi connectivity index (χ4v) is 5.63. The van der Waals surface area contributed by atoms with Gasteiger partial charge >= 0.3 is 0 Å². The number of fused-ring (bicyclic) bond motifs is 3. The summed E-state index contributed by atoms with van der Waals surface area (Å²) in [5, 5.41) is 0. The predicted molar refractivity (Wildman–Crippen MR) is 78.9 cm³/mol. The first-order valence-electron chi connectivity index (χ1n) is 8.05. The molecule has 0 aromatic carbocycles. The molecule has 0 spiro atoms. The van der Waals surface area contributed by atoms with E-state index in [4.69, 9.17) is 0 Å². The molecule has 0 aromatic heterocycles. The molecule has 0 radical (unpaired) electrons. The van der Waals surface area contributed by atoms with Crippen LogP contribution >= 0.6 is 0 Å². The van der Waals surface area contributed by atoms with Crippen LogP contribution in [0.15, 0.2) is 11.6 Å². The van der Waals surface area contributed by atoms with Crippen molar-refractivity contribution in [1.82, 2.24) is 0 Å². The fourth-order valence-electron chi connectivity index (χ4n) is 5.63. The Morgan fingerprint density at radius 3 is 2.58 bits per heavy atom. The highest BCUT2D eigenvalue weighted by molar-refractivity contribution is 5.85. The number of carbonyl (C=O) groups is 1. The molecule has 0 bridgehead atoms. The van der Waals surface area contributed by atoms with E-state index in [0.29, 0.717) is 17.1 Å². The zero-order valence-corrected chi connectivity index (χ0v) is 13.0. The van der Waals surface area contributed by atoms with Crippen molar-refractivity contribution in [3.8, 4) is 0 Å². The lowest BCUT2D eigenvalue weighted by Gasteiger charge is -2.60. The van der Waals surface area contributed by atoms with Gasteiger partial charge in [0.15, 0.2) is 0 Å². The summed E-state index contributed by atoms with van der Waals surface area (Å²) in [6.45, 7) is 9.33. The Labute approximate surface area is 117 Å². The Bertz CT molecular complexity index is 445. The molecule has 0 heterocycles. The number of rotatable bonds is 0. The van der Waals surface area contributed by atoms with E-state index in [1.165, 1.54) is 32.1 Å². The van der Waals surface area contributed by atoms with E-state index in [1.54, 1.807) is 5.57 Å². The van der Waals surface area contributed by atoms with Gasteiger partial charge < -0.3 is 0 Å². The monoisotopic (exact) mass is 260 g/mol. The molecule has 106 valence electrons. The molecular formula is C18H28O. The summed E-state index contributed by atoms with van der Waals surface area (Å²) in [5.41, 5.74) is 2.31. The Balaban J connectivity index is 2.07. The summed E-state index contributed by atoms with van der Waals surface area (Å²) in [6, 6.07) is 0. The molecule has 3 atom stereocenters.